The zero-order valence-electron chi connectivity index (χ0n) is 15.7. The molecular formula is C20H26BNO4. The van der Waals surface area contributed by atoms with Crippen LogP contribution in [0.1, 0.15) is 44.8 Å². The normalized spacial score (nSPS) is 19.3. The van der Waals surface area contributed by atoms with Gasteiger partial charge in [0.1, 0.15) is 18.1 Å². The van der Waals surface area contributed by atoms with Crippen molar-refractivity contribution >= 4 is 7.12 Å². The number of ether oxygens (including phenoxy) is 1. The summed E-state index contributed by atoms with van der Waals surface area (Å²) in [5.74, 6) is 0.0493. The van der Waals surface area contributed by atoms with Crippen LogP contribution in [0.2, 0.25) is 0 Å². The van der Waals surface area contributed by atoms with E-state index >= 15 is 0 Å². The van der Waals surface area contributed by atoms with E-state index in [4.69, 9.17) is 19.8 Å². The number of phenolic OH excluding ortho intramolecular Hbond substituents is 1. The Kier molecular flexibility index (Phi) is 5.02. The molecule has 1 aliphatic heterocycles. The predicted octanol–water partition coefficient (Wildman–Crippen LogP) is 3.60. The maximum Gasteiger partial charge on any atom is 0.480 e. The van der Waals surface area contributed by atoms with E-state index in [-0.39, 0.29) is 5.75 Å². The first-order chi connectivity index (χ1) is 12.2. The first-order valence-corrected chi connectivity index (χ1v) is 8.80. The van der Waals surface area contributed by atoms with Crippen LogP contribution in [-0.2, 0) is 15.9 Å². The maximum absolute atomic E-state index is 10.4. The number of phenols is 1. The second-order valence-electron chi connectivity index (χ2n) is 7.65. The molecular weight excluding hydrogens is 329 g/mol. The van der Waals surface area contributed by atoms with Crippen LogP contribution in [0.15, 0.2) is 48.5 Å². The van der Waals surface area contributed by atoms with Crippen molar-refractivity contribution in [3.63, 3.8) is 0 Å². The number of hydrogen-bond acceptors (Lipinski definition) is 5. The molecule has 0 unspecified atom stereocenters. The highest BCUT2D eigenvalue weighted by Crippen LogP contribution is 2.41. The van der Waals surface area contributed by atoms with E-state index in [0.29, 0.717) is 17.9 Å². The zero-order valence-corrected chi connectivity index (χ0v) is 15.7. The molecule has 3 rings (SSSR count). The van der Waals surface area contributed by atoms with Gasteiger partial charge in [-0.2, -0.15) is 0 Å². The summed E-state index contributed by atoms with van der Waals surface area (Å²) >= 11 is 0. The van der Waals surface area contributed by atoms with Crippen LogP contribution < -0.4 is 10.5 Å². The average Bonchev–Trinajstić information content (AvgIpc) is 2.81. The van der Waals surface area contributed by atoms with Gasteiger partial charge in [-0.25, -0.2) is 0 Å². The molecule has 0 spiro atoms. The van der Waals surface area contributed by atoms with Crippen LogP contribution in [0.5, 0.6) is 11.5 Å². The Morgan fingerprint density at radius 3 is 2.23 bits per heavy atom. The Bertz CT molecular complexity index is 748. The van der Waals surface area contributed by atoms with Gasteiger partial charge in [-0.15, -0.1) is 0 Å². The molecule has 0 radical (unpaired) electrons. The lowest BCUT2D eigenvalue weighted by atomic mass is 9.74. The van der Waals surface area contributed by atoms with Gasteiger partial charge in [0, 0.05) is 11.6 Å². The Balaban J connectivity index is 1.69. The van der Waals surface area contributed by atoms with E-state index in [1.54, 1.807) is 18.2 Å². The van der Waals surface area contributed by atoms with Crippen molar-refractivity contribution in [1.29, 1.82) is 0 Å². The Morgan fingerprint density at radius 2 is 1.65 bits per heavy atom. The molecule has 1 saturated heterocycles. The molecule has 1 atom stereocenters. The molecule has 2 aromatic carbocycles. The van der Waals surface area contributed by atoms with Crippen molar-refractivity contribution < 1.29 is 19.2 Å². The van der Waals surface area contributed by atoms with Crippen molar-refractivity contribution in [1.82, 2.24) is 0 Å². The summed E-state index contributed by atoms with van der Waals surface area (Å²) in [5, 5.41) is 10.4. The topological polar surface area (TPSA) is 73.9 Å². The van der Waals surface area contributed by atoms with Gasteiger partial charge in [-0.3, -0.25) is 0 Å². The summed E-state index contributed by atoms with van der Waals surface area (Å²) in [4.78, 5) is 0. The van der Waals surface area contributed by atoms with Crippen LogP contribution in [-0.4, -0.2) is 23.4 Å². The van der Waals surface area contributed by atoms with Crippen LogP contribution in [0.3, 0.4) is 0 Å². The Hall–Kier alpha value is -2.02. The average molecular weight is 355 g/mol. The lowest BCUT2D eigenvalue weighted by molar-refractivity contribution is 0.00578. The minimum absolute atomic E-state index is 0.0674. The van der Waals surface area contributed by atoms with Crippen molar-refractivity contribution in [2.75, 3.05) is 0 Å². The van der Waals surface area contributed by atoms with E-state index in [1.165, 1.54) is 0 Å². The van der Waals surface area contributed by atoms with Crippen molar-refractivity contribution in [2.24, 2.45) is 5.73 Å². The molecule has 0 amide bonds. The summed E-state index contributed by atoms with van der Waals surface area (Å²) in [5.41, 5.74) is 7.00. The van der Waals surface area contributed by atoms with Crippen LogP contribution in [0, 0.1) is 0 Å². The lowest BCUT2D eigenvalue weighted by Crippen LogP contribution is -2.41. The standard InChI is InChI=1S/C20H26BNO4/c1-19(2)20(3,4)26-21(25-19)18(22)16-11-10-15(12-17(16)23)24-13-14-8-6-5-7-9-14/h5-12,18,23H,13,22H2,1-4H3/t18-/m1/s1. The minimum Gasteiger partial charge on any atom is -0.507 e. The van der Waals surface area contributed by atoms with E-state index in [9.17, 15) is 5.11 Å². The first-order valence-electron chi connectivity index (χ1n) is 8.80. The summed E-state index contributed by atoms with van der Waals surface area (Å²) in [6.45, 7) is 8.32. The fraction of sp³-hybridized carbons (Fsp3) is 0.400. The van der Waals surface area contributed by atoms with E-state index in [0.717, 1.165) is 5.56 Å². The van der Waals surface area contributed by atoms with Crippen LogP contribution >= 0.6 is 0 Å². The Morgan fingerprint density at radius 1 is 1.04 bits per heavy atom. The molecule has 1 heterocycles. The third-order valence-electron chi connectivity index (χ3n) is 5.17. The molecule has 2 aromatic rings. The molecule has 1 fully saturated rings. The van der Waals surface area contributed by atoms with Gasteiger partial charge < -0.3 is 24.9 Å². The maximum atomic E-state index is 10.4. The highest BCUT2D eigenvalue weighted by atomic mass is 16.7. The van der Waals surface area contributed by atoms with E-state index < -0.39 is 24.3 Å². The number of nitrogens with two attached hydrogens (primary N) is 1. The molecule has 1 aliphatic rings. The molecule has 6 heteroatoms. The van der Waals surface area contributed by atoms with Crippen LogP contribution in [0.4, 0.5) is 0 Å². The van der Waals surface area contributed by atoms with Gasteiger partial charge in [-0.05, 0) is 39.3 Å². The minimum atomic E-state index is -0.623. The summed E-state index contributed by atoms with van der Waals surface area (Å²) in [6.07, 6.45) is 0. The SMILES string of the molecule is CC1(C)OB([C@H](N)c2ccc(OCc3ccccc3)cc2O)OC1(C)C. The molecule has 0 bridgehead atoms. The molecule has 5 nitrogen and oxygen atoms in total. The fourth-order valence-electron chi connectivity index (χ4n) is 2.82. The number of hydrogen-bond donors (Lipinski definition) is 2. The van der Waals surface area contributed by atoms with Gasteiger partial charge in [0.05, 0.1) is 17.1 Å². The third-order valence-corrected chi connectivity index (χ3v) is 5.17. The molecule has 0 saturated carbocycles. The van der Waals surface area contributed by atoms with Gasteiger partial charge in [-0.1, -0.05) is 36.4 Å². The molecule has 0 aromatic heterocycles. The highest BCUT2D eigenvalue weighted by molar-refractivity contribution is 6.47. The monoisotopic (exact) mass is 355 g/mol. The molecule has 138 valence electrons. The number of rotatable bonds is 5. The summed E-state index contributed by atoms with van der Waals surface area (Å²) in [7, 11) is -0.623. The van der Waals surface area contributed by atoms with Gasteiger partial charge >= 0.3 is 7.12 Å². The van der Waals surface area contributed by atoms with Gasteiger partial charge in [0.2, 0.25) is 0 Å². The quantitative estimate of drug-likeness (QED) is 0.802. The van der Waals surface area contributed by atoms with E-state index in [2.05, 4.69) is 0 Å². The highest BCUT2D eigenvalue weighted by Gasteiger charge is 2.53. The first kappa shape index (κ1) is 18.8. The summed E-state index contributed by atoms with van der Waals surface area (Å²) in [6, 6.07) is 15.0. The zero-order chi connectivity index (χ0) is 18.9. The van der Waals surface area contributed by atoms with Gasteiger partial charge in [0.15, 0.2) is 0 Å². The molecule has 3 N–H and O–H groups in total. The second-order valence-corrected chi connectivity index (χ2v) is 7.65. The van der Waals surface area contributed by atoms with Crippen LogP contribution in [0.25, 0.3) is 0 Å². The van der Waals surface area contributed by atoms with Crippen molar-refractivity contribution in [3.8, 4) is 11.5 Å². The second kappa shape index (κ2) is 6.95. The van der Waals surface area contributed by atoms with Gasteiger partial charge in [0.25, 0.3) is 0 Å². The summed E-state index contributed by atoms with van der Waals surface area (Å²) < 4.78 is 17.7. The Labute approximate surface area is 155 Å². The fourth-order valence-corrected chi connectivity index (χ4v) is 2.82. The van der Waals surface area contributed by atoms with Crippen molar-refractivity contribution in [3.05, 3.63) is 59.7 Å². The lowest BCUT2D eigenvalue weighted by Gasteiger charge is -2.32. The number of benzene rings is 2. The molecule has 0 aliphatic carbocycles. The smallest absolute Gasteiger partial charge is 0.480 e. The third kappa shape index (κ3) is 3.72. The molecule has 26 heavy (non-hydrogen) atoms. The van der Waals surface area contributed by atoms with E-state index in [1.807, 2.05) is 58.0 Å². The largest absolute Gasteiger partial charge is 0.507 e. The van der Waals surface area contributed by atoms with Crippen molar-refractivity contribution in [2.45, 2.75) is 51.4 Å². The number of aromatic hydroxyl groups is 1. The predicted molar refractivity (Wildman–Crippen MR) is 102 cm³/mol.